The van der Waals surface area contributed by atoms with Crippen LogP contribution in [-0.2, 0) is 23.2 Å². The average Bonchev–Trinajstić information content (AvgIpc) is 3.34. The number of carbonyl (C=O) groups is 2. The van der Waals surface area contributed by atoms with Gasteiger partial charge in [0.25, 0.3) is 0 Å². The van der Waals surface area contributed by atoms with Gasteiger partial charge in [0.2, 0.25) is 11.8 Å². The van der Waals surface area contributed by atoms with Crippen molar-refractivity contribution in [2.75, 3.05) is 26.2 Å². The molecule has 29 heavy (non-hydrogen) atoms. The van der Waals surface area contributed by atoms with Crippen LogP contribution in [0.5, 0.6) is 0 Å². The molecule has 1 fully saturated rings. The molecule has 1 aromatic carbocycles. The summed E-state index contributed by atoms with van der Waals surface area (Å²) in [4.78, 5) is 27.0. The molecule has 1 aliphatic rings. The minimum Gasteiger partial charge on any atom is -0.350 e. The Labute approximate surface area is 176 Å². The van der Waals surface area contributed by atoms with Gasteiger partial charge in [-0.2, -0.15) is 5.10 Å². The summed E-state index contributed by atoms with van der Waals surface area (Å²) in [5, 5.41) is 10.3. The van der Waals surface area contributed by atoms with Crippen LogP contribution in [0.1, 0.15) is 24.0 Å². The van der Waals surface area contributed by atoms with Gasteiger partial charge < -0.3 is 15.5 Å². The van der Waals surface area contributed by atoms with Crippen molar-refractivity contribution in [2.24, 2.45) is 13.0 Å². The summed E-state index contributed by atoms with van der Waals surface area (Å²) < 4.78 is 14.7. The van der Waals surface area contributed by atoms with Crippen LogP contribution in [-0.4, -0.2) is 52.7 Å². The molecule has 2 N–H and O–H groups in total. The first-order valence-electron chi connectivity index (χ1n) is 9.47. The van der Waals surface area contributed by atoms with Crippen molar-refractivity contribution < 1.29 is 14.0 Å². The van der Waals surface area contributed by atoms with Gasteiger partial charge in [0, 0.05) is 45.3 Å². The maximum atomic E-state index is 13.1. The lowest BCUT2D eigenvalue weighted by Crippen LogP contribution is -2.44. The smallest absolute Gasteiger partial charge is 0.239 e. The summed E-state index contributed by atoms with van der Waals surface area (Å²) in [7, 11) is 1.85. The molecule has 1 aromatic heterocycles. The van der Waals surface area contributed by atoms with E-state index in [1.165, 1.54) is 12.1 Å². The van der Waals surface area contributed by atoms with E-state index in [9.17, 15) is 14.0 Å². The van der Waals surface area contributed by atoms with E-state index >= 15 is 0 Å². The van der Waals surface area contributed by atoms with Gasteiger partial charge in [-0.05, 0) is 30.2 Å². The van der Waals surface area contributed by atoms with Crippen LogP contribution in [0.3, 0.4) is 0 Å². The largest absolute Gasteiger partial charge is 0.350 e. The fourth-order valence-corrected chi connectivity index (χ4v) is 3.53. The molecule has 9 heteroatoms. The lowest BCUT2D eigenvalue weighted by atomic mass is 9.90. The molecular weight excluding hydrogens is 397 g/mol. The SMILES string of the molecule is CCN(CC(=O)NCc1ccc(F)cc1)C(=O)[C@H]1CNC[C@@H]1c1cnn(C)c1.Cl. The lowest BCUT2D eigenvalue weighted by Gasteiger charge is -2.26. The van der Waals surface area contributed by atoms with E-state index in [1.54, 1.807) is 27.9 Å². The van der Waals surface area contributed by atoms with Gasteiger partial charge >= 0.3 is 0 Å². The van der Waals surface area contributed by atoms with Gasteiger partial charge in [0.1, 0.15) is 5.82 Å². The maximum absolute atomic E-state index is 13.1. The van der Waals surface area contributed by atoms with Gasteiger partial charge in [0.15, 0.2) is 0 Å². The fraction of sp³-hybridized carbons (Fsp3) is 0.450. The molecule has 2 aromatic rings. The topological polar surface area (TPSA) is 79.3 Å². The highest BCUT2D eigenvalue weighted by atomic mass is 35.5. The molecule has 0 unspecified atom stereocenters. The fourth-order valence-electron chi connectivity index (χ4n) is 3.53. The molecule has 0 aliphatic carbocycles. The number of likely N-dealkylation sites (N-methyl/N-ethyl adjacent to an activating group) is 1. The van der Waals surface area contributed by atoms with Crippen molar-refractivity contribution in [3.05, 3.63) is 53.6 Å². The van der Waals surface area contributed by atoms with Crippen molar-refractivity contribution >= 4 is 24.2 Å². The summed E-state index contributed by atoms with van der Waals surface area (Å²) in [6, 6.07) is 5.96. The van der Waals surface area contributed by atoms with Gasteiger partial charge in [-0.1, -0.05) is 12.1 Å². The number of hydrogen-bond acceptors (Lipinski definition) is 4. The average molecular weight is 424 g/mol. The molecule has 3 rings (SSSR count). The number of benzene rings is 1. The van der Waals surface area contributed by atoms with Gasteiger partial charge in [0.05, 0.1) is 18.7 Å². The molecule has 0 spiro atoms. The van der Waals surface area contributed by atoms with E-state index in [2.05, 4.69) is 15.7 Å². The summed E-state index contributed by atoms with van der Waals surface area (Å²) in [5.41, 5.74) is 1.84. The van der Waals surface area contributed by atoms with Crippen LogP contribution in [0, 0.1) is 11.7 Å². The lowest BCUT2D eigenvalue weighted by molar-refractivity contribution is -0.139. The molecule has 2 atom stereocenters. The number of aryl methyl sites for hydroxylation is 1. The van der Waals surface area contributed by atoms with Gasteiger partial charge in [-0.25, -0.2) is 4.39 Å². The summed E-state index contributed by atoms with van der Waals surface area (Å²) in [6.07, 6.45) is 3.73. The van der Waals surface area contributed by atoms with Crippen LogP contribution >= 0.6 is 12.4 Å². The van der Waals surface area contributed by atoms with E-state index in [0.717, 1.165) is 17.7 Å². The van der Waals surface area contributed by atoms with Crippen LogP contribution in [0.4, 0.5) is 4.39 Å². The number of nitrogens with one attached hydrogen (secondary N) is 2. The minimum atomic E-state index is -0.314. The molecule has 7 nitrogen and oxygen atoms in total. The molecule has 2 amide bonds. The number of hydrogen-bond donors (Lipinski definition) is 2. The van der Waals surface area contributed by atoms with E-state index in [1.807, 2.05) is 20.2 Å². The molecule has 1 aliphatic heterocycles. The van der Waals surface area contributed by atoms with Crippen molar-refractivity contribution in [1.29, 1.82) is 0 Å². The zero-order chi connectivity index (χ0) is 20.1. The van der Waals surface area contributed by atoms with Crippen molar-refractivity contribution in [1.82, 2.24) is 25.3 Å². The van der Waals surface area contributed by atoms with Crippen molar-refractivity contribution in [3.63, 3.8) is 0 Å². The first kappa shape index (κ1) is 22.8. The number of carbonyl (C=O) groups excluding carboxylic acids is 2. The Morgan fingerprint density at radius 2 is 2.03 bits per heavy atom. The number of halogens is 2. The van der Waals surface area contributed by atoms with E-state index in [4.69, 9.17) is 0 Å². The standard InChI is InChI=1S/C20H26FN5O2.ClH/c1-3-26(13-19(27)23-8-14-4-6-16(21)7-5-14)20(28)18-11-22-10-17(18)15-9-24-25(2)12-15;/h4-7,9,12,17-18,22H,3,8,10-11,13H2,1-2H3,(H,23,27);1H/t17-,18+;/m1./s1. The molecule has 2 heterocycles. The third-order valence-corrected chi connectivity index (χ3v) is 5.12. The van der Waals surface area contributed by atoms with E-state index in [-0.39, 0.29) is 48.4 Å². The second-order valence-corrected chi connectivity index (χ2v) is 7.07. The second kappa shape index (κ2) is 10.4. The molecule has 158 valence electrons. The summed E-state index contributed by atoms with van der Waals surface area (Å²) in [6.45, 7) is 3.94. The highest BCUT2D eigenvalue weighted by Crippen LogP contribution is 2.29. The Bertz CT molecular complexity index is 827. The maximum Gasteiger partial charge on any atom is 0.239 e. The molecule has 0 radical (unpaired) electrons. The Morgan fingerprint density at radius 3 is 2.66 bits per heavy atom. The second-order valence-electron chi connectivity index (χ2n) is 7.07. The predicted molar refractivity (Wildman–Crippen MR) is 110 cm³/mol. The van der Waals surface area contributed by atoms with Crippen molar-refractivity contribution in [3.8, 4) is 0 Å². The zero-order valence-electron chi connectivity index (χ0n) is 16.6. The van der Waals surface area contributed by atoms with Gasteiger partial charge in [-0.15, -0.1) is 12.4 Å². The predicted octanol–water partition coefficient (Wildman–Crippen LogP) is 1.45. The van der Waals surface area contributed by atoms with Crippen molar-refractivity contribution in [2.45, 2.75) is 19.4 Å². The Kier molecular flexibility index (Phi) is 8.16. The number of rotatable bonds is 7. The quantitative estimate of drug-likeness (QED) is 0.706. The number of nitrogens with zero attached hydrogens (tertiary/aromatic N) is 3. The summed E-state index contributed by atoms with van der Waals surface area (Å²) in [5.74, 6) is -0.737. The van der Waals surface area contributed by atoms with Gasteiger partial charge in [-0.3, -0.25) is 14.3 Å². The van der Waals surface area contributed by atoms with Crippen LogP contribution < -0.4 is 10.6 Å². The number of amides is 2. The molecule has 0 saturated carbocycles. The monoisotopic (exact) mass is 423 g/mol. The highest BCUT2D eigenvalue weighted by Gasteiger charge is 2.37. The summed E-state index contributed by atoms with van der Waals surface area (Å²) >= 11 is 0. The van der Waals surface area contributed by atoms with E-state index < -0.39 is 0 Å². The molecule has 0 bridgehead atoms. The Morgan fingerprint density at radius 1 is 1.31 bits per heavy atom. The number of aromatic nitrogens is 2. The normalized spacial score (nSPS) is 18.2. The molecular formula is C20H27ClFN5O2. The molecule has 1 saturated heterocycles. The Hall–Kier alpha value is -2.45. The Balaban J connectivity index is 0.00000300. The first-order chi connectivity index (χ1) is 13.5. The van der Waals surface area contributed by atoms with E-state index in [0.29, 0.717) is 19.6 Å². The highest BCUT2D eigenvalue weighted by molar-refractivity contribution is 5.86. The minimum absolute atomic E-state index is 0. The van der Waals surface area contributed by atoms with Crippen LogP contribution in [0.15, 0.2) is 36.7 Å². The third-order valence-electron chi connectivity index (χ3n) is 5.12. The third kappa shape index (κ3) is 5.77. The van der Waals surface area contributed by atoms with Crippen LogP contribution in [0.2, 0.25) is 0 Å². The van der Waals surface area contributed by atoms with Crippen LogP contribution in [0.25, 0.3) is 0 Å². The zero-order valence-corrected chi connectivity index (χ0v) is 17.4. The first-order valence-corrected chi connectivity index (χ1v) is 9.47.